The highest BCUT2D eigenvalue weighted by molar-refractivity contribution is 6.03. The first-order valence-corrected chi connectivity index (χ1v) is 7.66. The molecule has 1 fully saturated rings. The van der Waals surface area contributed by atoms with Crippen molar-refractivity contribution in [1.29, 1.82) is 0 Å². The lowest BCUT2D eigenvalue weighted by molar-refractivity contribution is -0.136. The Morgan fingerprint density at radius 2 is 1.74 bits per heavy atom. The normalized spacial score (nSPS) is 17.7. The van der Waals surface area contributed by atoms with Crippen molar-refractivity contribution >= 4 is 17.6 Å². The first-order valence-electron chi connectivity index (χ1n) is 7.66. The second kappa shape index (κ2) is 6.57. The van der Waals surface area contributed by atoms with Crippen LogP contribution in [0.3, 0.4) is 0 Å². The molecular formula is C19H17NO3. The molecule has 1 aliphatic rings. The molecular weight excluding hydrogens is 290 g/mol. The molecule has 116 valence electrons. The van der Waals surface area contributed by atoms with Crippen molar-refractivity contribution in [2.45, 2.75) is 19.3 Å². The summed E-state index contributed by atoms with van der Waals surface area (Å²) in [4.78, 5) is 35.4. The second-order valence-corrected chi connectivity index (χ2v) is 5.72. The summed E-state index contributed by atoms with van der Waals surface area (Å²) < 4.78 is 0. The molecule has 2 aromatic carbocycles. The highest BCUT2D eigenvalue weighted by atomic mass is 16.2. The van der Waals surface area contributed by atoms with Crippen LogP contribution >= 0.6 is 0 Å². The van der Waals surface area contributed by atoms with Gasteiger partial charge in [0, 0.05) is 24.3 Å². The smallest absolute Gasteiger partial charge is 0.230 e. The van der Waals surface area contributed by atoms with Crippen molar-refractivity contribution in [3.05, 3.63) is 60.2 Å². The molecule has 1 saturated heterocycles. The third-order valence-corrected chi connectivity index (χ3v) is 4.08. The Hall–Kier alpha value is -2.75. The average molecular weight is 307 g/mol. The molecule has 0 bridgehead atoms. The van der Waals surface area contributed by atoms with Gasteiger partial charge in [0.1, 0.15) is 0 Å². The number of hydrogen-bond donors (Lipinski definition) is 1. The van der Waals surface area contributed by atoms with Crippen LogP contribution in [0.5, 0.6) is 0 Å². The zero-order chi connectivity index (χ0) is 16.2. The topological polar surface area (TPSA) is 63.2 Å². The Balaban J connectivity index is 1.75. The van der Waals surface area contributed by atoms with Crippen molar-refractivity contribution in [2.24, 2.45) is 5.92 Å². The summed E-state index contributed by atoms with van der Waals surface area (Å²) in [5.74, 6) is -1.09. The lowest BCUT2D eigenvalue weighted by Gasteiger charge is -2.20. The summed E-state index contributed by atoms with van der Waals surface area (Å²) in [6.45, 7) is 0. The quantitative estimate of drug-likeness (QED) is 0.697. The van der Waals surface area contributed by atoms with Gasteiger partial charge in [0.2, 0.25) is 11.8 Å². The largest absolute Gasteiger partial charge is 0.296 e. The van der Waals surface area contributed by atoms with Gasteiger partial charge in [0.15, 0.2) is 5.78 Å². The molecule has 1 heterocycles. The Kier molecular flexibility index (Phi) is 4.33. The van der Waals surface area contributed by atoms with Crippen LogP contribution in [0.2, 0.25) is 0 Å². The maximum absolute atomic E-state index is 12.5. The van der Waals surface area contributed by atoms with E-state index in [4.69, 9.17) is 0 Å². The van der Waals surface area contributed by atoms with Crippen LogP contribution in [0, 0.1) is 5.92 Å². The molecule has 1 aliphatic heterocycles. The predicted molar refractivity (Wildman–Crippen MR) is 86.7 cm³/mol. The van der Waals surface area contributed by atoms with E-state index in [0.29, 0.717) is 18.4 Å². The van der Waals surface area contributed by atoms with E-state index >= 15 is 0 Å². The zero-order valence-corrected chi connectivity index (χ0v) is 12.6. The van der Waals surface area contributed by atoms with Crippen molar-refractivity contribution in [3.8, 4) is 11.1 Å². The van der Waals surface area contributed by atoms with Gasteiger partial charge >= 0.3 is 0 Å². The molecule has 23 heavy (non-hydrogen) atoms. The Bertz CT molecular complexity index is 752. The van der Waals surface area contributed by atoms with Gasteiger partial charge in [0.25, 0.3) is 0 Å². The second-order valence-electron chi connectivity index (χ2n) is 5.72. The molecule has 0 spiro atoms. The van der Waals surface area contributed by atoms with E-state index in [1.54, 1.807) is 6.07 Å². The molecule has 1 N–H and O–H groups in total. The fourth-order valence-corrected chi connectivity index (χ4v) is 2.78. The first kappa shape index (κ1) is 15.2. The molecule has 0 radical (unpaired) electrons. The van der Waals surface area contributed by atoms with E-state index < -0.39 is 5.92 Å². The number of imide groups is 1. The van der Waals surface area contributed by atoms with Crippen LogP contribution in [-0.2, 0) is 9.59 Å². The van der Waals surface area contributed by atoms with E-state index in [2.05, 4.69) is 5.32 Å². The number of benzene rings is 2. The molecule has 1 unspecified atom stereocenters. The highest BCUT2D eigenvalue weighted by Gasteiger charge is 2.28. The van der Waals surface area contributed by atoms with Gasteiger partial charge in [-0.25, -0.2) is 0 Å². The minimum Gasteiger partial charge on any atom is -0.296 e. The molecule has 2 amide bonds. The van der Waals surface area contributed by atoms with Crippen molar-refractivity contribution in [2.75, 3.05) is 0 Å². The van der Waals surface area contributed by atoms with Crippen LogP contribution in [-0.4, -0.2) is 17.6 Å². The van der Waals surface area contributed by atoms with Gasteiger partial charge in [-0.3, -0.25) is 19.7 Å². The number of nitrogens with one attached hydrogen (secondary N) is 1. The standard InChI is InChI=1S/C19H17NO3/c21-17(12-16-9-10-18(22)20-19(16)23)15-8-4-7-14(11-15)13-5-2-1-3-6-13/h1-8,11,16H,9-10,12H2,(H,20,22,23). The van der Waals surface area contributed by atoms with Crippen LogP contribution in [0.1, 0.15) is 29.6 Å². The van der Waals surface area contributed by atoms with Gasteiger partial charge in [-0.1, -0.05) is 48.5 Å². The summed E-state index contributed by atoms with van der Waals surface area (Å²) in [6, 6.07) is 17.2. The predicted octanol–water partition coefficient (Wildman–Crippen LogP) is 2.98. The van der Waals surface area contributed by atoms with E-state index in [0.717, 1.165) is 11.1 Å². The van der Waals surface area contributed by atoms with Crippen molar-refractivity contribution in [3.63, 3.8) is 0 Å². The maximum atomic E-state index is 12.5. The third kappa shape index (κ3) is 3.54. The Morgan fingerprint density at radius 1 is 1.00 bits per heavy atom. The molecule has 0 aromatic heterocycles. The van der Waals surface area contributed by atoms with Gasteiger partial charge < -0.3 is 0 Å². The number of rotatable bonds is 4. The summed E-state index contributed by atoms with van der Waals surface area (Å²) >= 11 is 0. The molecule has 1 atom stereocenters. The maximum Gasteiger partial charge on any atom is 0.230 e. The van der Waals surface area contributed by atoms with Gasteiger partial charge in [-0.05, 0) is 23.6 Å². The van der Waals surface area contributed by atoms with E-state index in [1.165, 1.54) is 0 Å². The van der Waals surface area contributed by atoms with Gasteiger partial charge in [0.05, 0.1) is 0 Å². The summed E-state index contributed by atoms with van der Waals surface area (Å²) in [5.41, 5.74) is 2.61. The molecule has 0 saturated carbocycles. The van der Waals surface area contributed by atoms with Crippen LogP contribution in [0.4, 0.5) is 0 Å². The van der Waals surface area contributed by atoms with Crippen molar-refractivity contribution < 1.29 is 14.4 Å². The lowest BCUT2D eigenvalue weighted by atomic mass is 9.90. The number of amides is 2. The van der Waals surface area contributed by atoms with Gasteiger partial charge in [-0.2, -0.15) is 0 Å². The fraction of sp³-hybridized carbons (Fsp3) is 0.211. The van der Waals surface area contributed by atoms with Crippen molar-refractivity contribution in [1.82, 2.24) is 5.32 Å². The number of Topliss-reactive ketones (excluding diaryl/α,β-unsaturated/α-hetero) is 1. The lowest BCUT2D eigenvalue weighted by Crippen LogP contribution is -2.41. The Labute approximate surface area is 134 Å². The van der Waals surface area contributed by atoms with Crippen LogP contribution in [0.25, 0.3) is 11.1 Å². The minimum absolute atomic E-state index is 0.0720. The van der Waals surface area contributed by atoms with E-state index in [-0.39, 0.29) is 24.0 Å². The third-order valence-electron chi connectivity index (χ3n) is 4.08. The van der Waals surface area contributed by atoms with Crippen LogP contribution in [0.15, 0.2) is 54.6 Å². The first-order chi connectivity index (χ1) is 11.1. The molecule has 4 nitrogen and oxygen atoms in total. The SMILES string of the molecule is O=C1CCC(CC(=O)c2cccc(-c3ccccc3)c2)C(=O)N1. The summed E-state index contributed by atoms with van der Waals surface area (Å²) in [7, 11) is 0. The molecule has 0 aliphatic carbocycles. The number of carbonyl (C=O) groups is 3. The number of hydrogen-bond acceptors (Lipinski definition) is 3. The number of ketones is 1. The fourth-order valence-electron chi connectivity index (χ4n) is 2.78. The average Bonchev–Trinajstić information content (AvgIpc) is 2.58. The Morgan fingerprint density at radius 3 is 2.48 bits per heavy atom. The molecule has 2 aromatic rings. The minimum atomic E-state index is -0.416. The van der Waals surface area contributed by atoms with Gasteiger partial charge in [-0.15, -0.1) is 0 Å². The zero-order valence-electron chi connectivity index (χ0n) is 12.6. The van der Waals surface area contributed by atoms with Crippen LogP contribution < -0.4 is 5.32 Å². The monoisotopic (exact) mass is 307 g/mol. The summed E-state index contributed by atoms with van der Waals surface area (Å²) in [6.07, 6.45) is 0.875. The number of carbonyl (C=O) groups excluding carboxylic acids is 3. The number of piperidine rings is 1. The molecule has 4 heteroatoms. The van der Waals surface area contributed by atoms with E-state index in [9.17, 15) is 14.4 Å². The highest BCUT2D eigenvalue weighted by Crippen LogP contribution is 2.23. The summed E-state index contributed by atoms with van der Waals surface area (Å²) in [5, 5.41) is 2.29. The van der Waals surface area contributed by atoms with E-state index in [1.807, 2.05) is 48.5 Å². The molecule has 3 rings (SSSR count).